The van der Waals surface area contributed by atoms with Crippen molar-refractivity contribution in [2.24, 2.45) is 0 Å². The van der Waals surface area contributed by atoms with E-state index in [2.05, 4.69) is 15.3 Å². The topological polar surface area (TPSA) is 93.7 Å². The molecule has 0 saturated carbocycles. The molecule has 0 unspecified atom stereocenters. The highest BCUT2D eigenvalue weighted by molar-refractivity contribution is 7.99. The smallest absolute Gasteiger partial charge is 0.247 e. The van der Waals surface area contributed by atoms with Gasteiger partial charge in [-0.05, 0) is 44.0 Å². The zero-order valence-corrected chi connectivity index (χ0v) is 20.8. The predicted molar refractivity (Wildman–Crippen MR) is 134 cm³/mol. The average Bonchev–Trinajstić information content (AvgIpc) is 3.30. The molecule has 1 aliphatic rings. The van der Waals surface area contributed by atoms with Crippen LogP contribution in [-0.4, -0.2) is 45.3 Å². The van der Waals surface area contributed by atoms with Crippen molar-refractivity contribution in [2.45, 2.75) is 44.9 Å². The molecule has 2 amide bonds. The van der Waals surface area contributed by atoms with E-state index in [1.165, 1.54) is 11.8 Å². The molecule has 1 atom stereocenters. The second-order valence-corrected chi connectivity index (χ2v) is 9.15. The molecule has 2 aromatic carbocycles. The number of fused-ring (bicyclic) bond motifs is 1. The third kappa shape index (κ3) is 6.30. The second kappa shape index (κ2) is 11.2. The fourth-order valence-electron chi connectivity index (χ4n) is 3.87. The van der Waals surface area contributed by atoms with Gasteiger partial charge in [-0.3, -0.25) is 9.59 Å². The molecule has 1 aliphatic heterocycles. The fraction of sp³-hybridized carbons (Fsp3) is 0.308. The molecule has 0 bridgehead atoms. The minimum Gasteiger partial charge on any atom is -0.454 e. The van der Waals surface area contributed by atoms with Gasteiger partial charge in [0.2, 0.25) is 18.6 Å². The molecular formula is C26H28N4O4S. The number of carbonyl (C=O) groups excluding carboxylic acids is 2. The van der Waals surface area contributed by atoms with Crippen LogP contribution in [-0.2, 0) is 16.1 Å². The van der Waals surface area contributed by atoms with E-state index in [1.54, 1.807) is 23.1 Å². The lowest BCUT2D eigenvalue weighted by atomic mass is 10.1. The maximum absolute atomic E-state index is 13.4. The zero-order valence-electron chi connectivity index (χ0n) is 20.0. The van der Waals surface area contributed by atoms with Crippen LogP contribution in [0.25, 0.3) is 0 Å². The van der Waals surface area contributed by atoms with Crippen molar-refractivity contribution in [3.05, 3.63) is 71.5 Å². The first kappa shape index (κ1) is 24.5. The number of benzene rings is 2. The highest BCUT2D eigenvalue weighted by Gasteiger charge is 2.29. The molecule has 0 fully saturated rings. The number of aromatic nitrogens is 2. The Balaban J connectivity index is 1.52. The zero-order chi connectivity index (χ0) is 24.8. The third-order valence-electron chi connectivity index (χ3n) is 5.51. The van der Waals surface area contributed by atoms with Crippen LogP contribution in [0, 0.1) is 13.8 Å². The molecule has 9 heteroatoms. The Morgan fingerprint density at radius 1 is 1.03 bits per heavy atom. The lowest BCUT2D eigenvalue weighted by Gasteiger charge is -2.30. The number of rotatable bonds is 9. The number of aryl methyl sites for hydroxylation is 2. The first-order chi connectivity index (χ1) is 16.9. The number of hydrogen-bond donors (Lipinski definition) is 1. The van der Waals surface area contributed by atoms with Crippen molar-refractivity contribution in [3.63, 3.8) is 0 Å². The number of nitrogens with zero attached hydrogens (tertiary/aromatic N) is 3. The Kier molecular flexibility index (Phi) is 7.87. The minimum absolute atomic E-state index is 0.129. The summed E-state index contributed by atoms with van der Waals surface area (Å²) in [4.78, 5) is 37.2. The number of carbonyl (C=O) groups is 2. The van der Waals surface area contributed by atoms with Crippen molar-refractivity contribution in [2.75, 3.05) is 17.9 Å². The van der Waals surface area contributed by atoms with Gasteiger partial charge in [-0.1, -0.05) is 49.0 Å². The van der Waals surface area contributed by atoms with Gasteiger partial charge < -0.3 is 19.7 Å². The van der Waals surface area contributed by atoms with Gasteiger partial charge in [0.25, 0.3) is 0 Å². The molecule has 0 radical (unpaired) electrons. The summed E-state index contributed by atoms with van der Waals surface area (Å²) in [6.45, 7) is 6.17. The summed E-state index contributed by atoms with van der Waals surface area (Å²) in [7, 11) is 0. The molecule has 1 aromatic heterocycles. The van der Waals surface area contributed by atoms with E-state index < -0.39 is 6.04 Å². The Labute approximate surface area is 209 Å². The summed E-state index contributed by atoms with van der Waals surface area (Å²) in [6, 6.07) is 16.1. The maximum atomic E-state index is 13.4. The molecule has 0 saturated heterocycles. The van der Waals surface area contributed by atoms with Crippen molar-refractivity contribution in [1.29, 1.82) is 0 Å². The standard InChI is InChI=1S/C26H28N4O4S/c1-4-21(25(32)29-20-10-11-22-23(13-20)34-16-33-22)30(14-19-8-6-5-7-9-19)24(31)15-35-26-27-17(2)12-18(3)28-26/h5-13,21H,4,14-16H2,1-3H3,(H,29,32)/t21-/m1/s1. The minimum atomic E-state index is -0.658. The summed E-state index contributed by atoms with van der Waals surface area (Å²) in [6.07, 6.45) is 0.458. The van der Waals surface area contributed by atoms with E-state index in [0.29, 0.717) is 35.3 Å². The number of anilines is 1. The van der Waals surface area contributed by atoms with Gasteiger partial charge in [-0.25, -0.2) is 9.97 Å². The van der Waals surface area contributed by atoms with Crippen LogP contribution in [0.2, 0.25) is 0 Å². The number of ether oxygens (including phenoxy) is 2. The van der Waals surface area contributed by atoms with E-state index in [9.17, 15) is 9.59 Å². The summed E-state index contributed by atoms with van der Waals surface area (Å²) < 4.78 is 10.8. The quantitative estimate of drug-likeness (QED) is 0.350. The summed E-state index contributed by atoms with van der Waals surface area (Å²) in [5, 5.41) is 3.48. The van der Waals surface area contributed by atoms with Crippen molar-refractivity contribution in [3.8, 4) is 11.5 Å². The van der Waals surface area contributed by atoms with E-state index in [-0.39, 0.29) is 24.4 Å². The van der Waals surface area contributed by atoms with Crippen molar-refractivity contribution in [1.82, 2.24) is 14.9 Å². The lowest BCUT2D eigenvalue weighted by molar-refractivity contribution is -0.137. The summed E-state index contributed by atoms with van der Waals surface area (Å²) in [5.41, 5.74) is 3.23. The first-order valence-corrected chi connectivity index (χ1v) is 12.4. The van der Waals surface area contributed by atoms with Gasteiger partial charge in [-0.15, -0.1) is 0 Å². The van der Waals surface area contributed by atoms with Gasteiger partial charge >= 0.3 is 0 Å². The molecule has 4 rings (SSSR count). The Hall–Kier alpha value is -3.59. The van der Waals surface area contributed by atoms with Gasteiger partial charge in [0.15, 0.2) is 16.7 Å². The Morgan fingerprint density at radius 3 is 2.46 bits per heavy atom. The fourth-order valence-corrected chi connectivity index (χ4v) is 4.70. The first-order valence-electron chi connectivity index (χ1n) is 11.4. The molecular weight excluding hydrogens is 464 g/mol. The van der Waals surface area contributed by atoms with E-state index in [4.69, 9.17) is 9.47 Å². The van der Waals surface area contributed by atoms with Crippen LogP contribution in [0.15, 0.2) is 59.8 Å². The molecule has 35 heavy (non-hydrogen) atoms. The van der Waals surface area contributed by atoms with E-state index >= 15 is 0 Å². The number of thioether (sulfide) groups is 1. The highest BCUT2D eigenvalue weighted by atomic mass is 32.2. The Morgan fingerprint density at radius 2 is 1.74 bits per heavy atom. The number of hydrogen-bond acceptors (Lipinski definition) is 7. The van der Waals surface area contributed by atoms with Crippen LogP contribution < -0.4 is 14.8 Å². The summed E-state index contributed by atoms with van der Waals surface area (Å²) in [5.74, 6) is 0.931. The lowest BCUT2D eigenvalue weighted by Crippen LogP contribution is -2.47. The van der Waals surface area contributed by atoms with Crippen LogP contribution >= 0.6 is 11.8 Å². The normalized spacial score (nSPS) is 12.8. The van der Waals surface area contributed by atoms with Crippen LogP contribution in [0.5, 0.6) is 11.5 Å². The number of amides is 2. The molecule has 2 heterocycles. The molecule has 0 aliphatic carbocycles. The molecule has 8 nitrogen and oxygen atoms in total. The highest BCUT2D eigenvalue weighted by Crippen LogP contribution is 2.34. The van der Waals surface area contributed by atoms with Gasteiger partial charge in [0, 0.05) is 29.7 Å². The Bertz CT molecular complexity index is 1180. The number of nitrogens with one attached hydrogen (secondary N) is 1. The maximum Gasteiger partial charge on any atom is 0.247 e. The second-order valence-electron chi connectivity index (χ2n) is 8.21. The van der Waals surface area contributed by atoms with Gasteiger partial charge in [0.1, 0.15) is 6.04 Å². The molecule has 182 valence electrons. The van der Waals surface area contributed by atoms with E-state index in [0.717, 1.165) is 17.0 Å². The molecule has 1 N–H and O–H groups in total. The van der Waals surface area contributed by atoms with Crippen molar-refractivity contribution >= 4 is 29.3 Å². The van der Waals surface area contributed by atoms with Gasteiger partial charge in [0.05, 0.1) is 5.75 Å². The predicted octanol–water partition coefficient (Wildman–Crippen LogP) is 4.36. The van der Waals surface area contributed by atoms with Crippen LogP contribution in [0.3, 0.4) is 0 Å². The van der Waals surface area contributed by atoms with Gasteiger partial charge in [-0.2, -0.15) is 0 Å². The van der Waals surface area contributed by atoms with Crippen LogP contribution in [0.4, 0.5) is 5.69 Å². The van der Waals surface area contributed by atoms with Crippen molar-refractivity contribution < 1.29 is 19.1 Å². The average molecular weight is 493 g/mol. The monoisotopic (exact) mass is 492 g/mol. The molecule has 3 aromatic rings. The summed E-state index contributed by atoms with van der Waals surface area (Å²) >= 11 is 1.28. The van der Waals surface area contributed by atoms with Crippen LogP contribution in [0.1, 0.15) is 30.3 Å². The third-order valence-corrected chi connectivity index (χ3v) is 6.34. The largest absolute Gasteiger partial charge is 0.454 e. The molecule has 0 spiro atoms. The SMILES string of the molecule is CC[C@H](C(=O)Nc1ccc2c(c1)OCO2)N(Cc1ccccc1)C(=O)CSc1nc(C)cc(C)n1. The van der Waals surface area contributed by atoms with E-state index in [1.807, 2.05) is 57.2 Å².